The summed E-state index contributed by atoms with van der Waals surface area (Å²) in [5, 5.41) is 11.7. The molecule has 0 atom stereocenters. The molecule has 7 heteroatoms. The van der Waals surface area contributed by atoms with Crippen LogP contribution in [0.3, 0.4) is 0 Å². The van der Waals surface area contributed by atoms with E-state index in [1.165, 1.54) is 18.2 Å². The van der Waals surface area contributed by atoms with Gasteiger partial charge in [0.2, 0.25) is 0 Å². The highest BCUT2D eigenvalue weighted by Crippen LogP contribution is 2.35. The van der Waals surface area contributed by atoms with Crippen LogP contribution in [-0.2, 0) is 5.33 Å². The number of halogens is 3. The van der Waals surface area contributed by atoms with E-state index >= 15 is 0 Å². The summed E-state index contributed by atoms with van der Waals surface area (Å²) in [6, 6.07) is 9.59. The monoisotopic (exact) mass is 419 g/mol. The molecule has 0 spiro atoms. The Bertz CT molecular complexity index is 664. The third-order valence-corrected chi connectivity index (χ3v) is 3.92. The number of hydrogen-bond donors (Lipinski definition) is 0. The first-order chi connectivity index (χ1) is 9.51. The Hall–Kier alpha value is -1.11. The van der Waals surface area contributed by atoms with E-state index in [1.807, 2.05) is 12.1 Å². The van der Waals surface area contributed by atoms with Gasteiger partial charge in [0.05, 0.1) is 16.0 Å². The number of hydrogen-bond acceptors (Lipinski definition) is 3. The third kappa shape index (κ3) is 3.50. The molecule has 0 bridgehead atoms. The molecule has 0 aliphatic heterocycles. The van der Waals surface area contributed by atoms with Gasteiger partial charge in [-0.2, -0.15) is 0 Å². The Morgan fingerprint density at radius 2 is 1.95 bits per heavy atom. The molecule has 0 N–H and O–H groups in total. The second-order valence-electron chi connectivity index (χ2n) is 3.86. The first kappa shape index (κ1) is 15.3. The van der Waals surface area contributed by atoms with E-state index in [9.17, 15) is 10.1 Å². The van der Waals surface area contributed by atoms with Gasteiger partial charge in [0.15, 0.2) is 5.75 Å². The van der Waals surface area contributed by atoms with Gasteiger partial charge in [0.1, 0.15) is 5.75 Å². The molecule has 4 nitrogen and oxygen atoms in total. The molecule has 0 unspecified atom stereocenters. The van der Waals surface area contributed by atoms with Crippen LogP contribution in [0.15, 0.2) is 40.9 Å². The molecule has 0 heterocycles. The summed E-state index contributed by atoms with van der Waals surface area (Å²) in [5.74, 6) is 0.845. The zero-order valence-electron chi connectivity index (χ0n) is 9.98. The number of alkyl halides is 1. The van der Waals surface area contributed by atoms with Gasteiger partial charge in [-0.15, -0.1) is 0 Å². The van der Waals surface area contributed by atoms with Crippen LogP contribution in [0.25, 0.3) is 0 Å². The Morgan fingerprint density at radius 3 is 2.60 bits per heavy atom. The highest BCUT2D eigenvalue weighted by molar-refractivity contribution is 9.10. The van der Waals surface area contributed by atoms with Crippen LogP contribution in [0.1, 0.15) is 5.56 Å². The minimum absolute atomic E-state index is 0.0677. The molecule has 2 aromatic rings. The molecule has 2 rings (SSSR count). The topological polar surface area (TPSA) is 52.4 Å². The van der Waals surface area contributed by atoms with Gasteiger partial charge in [0, 0.05) is 21.4 Å². The van der Waals surface area contributed by atoms with Crippen LogP contribution in [0.2, 0.25) is 5.02 Å². The van der Waals surface area contributed by atoms with E-state index in [-0.39, 0.29) is 11.4 Å². The van der Waals surface area contributed by atoms with E-state index in [4.69, 9.17) is 16.3 Å². The molecule has 0 aliphatic carbocycles. The second kappa shape index (κ2) is 6.56. The molecule has 0 amide bonds. The van der Waals surface area contributed by atoms with Crippen LogP contribution in [0, 0.1) is 10.1 Å². The average molecular weight is 421 g/mol. The molecule has 2 aromatic carbocycles. The fourth-order valence-electron chi connectivity index (χ4n) is 1.55. The fourth-order valence-corrected chi connectivity index (χ4v) is 2.56. The highest BCUT2D eigenvalue weighted by atomic mass is 79.9. The summed E-state index contributed by atoms with van der Waals surface area (Å²) in [6.07, 6.45) is 0. The lowest BCUT2D eigenvalue weighted by molar-refractivity contribution is -0.384. The predicted octanol–water partition coefficient (Wildman–Crippen LogP) is 5.70. The van der Waals surface area contributed by atoms with Gasteiger partial charge in [-0.3, -0.25) is 10.1 Å². The molecular formula is C13H8Br2ClNO3. The lowest BCUT2D eigenvalue weighted by atomic mass is 10.2. The van der Waals surface area contributed by atoms with Gasteiger partial charge in [-0.25, -0.2) is 0 Å². The maximum absolute atomic E-state index is 10.8. The van der Waals surface area contributed by atoms with Crippen LogP contribution in [0.4, 0.5) is 5.69 Å². The summed E-state index contributed by atoms with van der Waals surface area (Å²) in [4.78, 5) is 10.3. The van der Waals surface area contributed by atoms with E-state index in [0.717, 1.165) is 10.0 Å². The molecular weight excluding hydrogens is 413 g/mol. The van der Waals surface area contributed by atoms with Crippen molar-refractivity contribution in [2.45, 2.75) is 5.33 Å². The first-order valence-electron chi connectivity index (χ1n) is 5.47. The minimum atomic E-state index is -0.490. The lowest BCUT2D eigenvalue weighted by Crippen LogP contribution is -1.93. The SMILES string of the molecule is O=[N+]([O-])c1ccc(Cl)c(Oc2ccc(Br)cc2CBr)c1. The number of ether oxygens (including phenoxy) is 1. The van der Waals surface area contributed by atoms with Gasteiger partial charge < -0.3 is 4.74 Å². The largest absolute Gasteiger partial charge is 0.455 e. The molecule has 0 fully saturated rings. The first-order valence-corrected chi connectivity index (χ1v) is 7.76. The summed E-state index contributed by atoms with van der Waals surface area (Å²) >= 11 is 12.8. The van der Waals surface area contributed by atoms with Crippen molar-refractivity contribution in [3.05, 3.63) is 61.6 Å². The van der Waals surface area contributed by atoms with Crippen LogP contribution >= 0.6 is 43.5 Å². The highest BCUT2D eigenvalue weighted by Gasteiger charge is 2.13. The van der Waals surface area contributed by atoms with Crippen molar-refractivity contribution in [3.63, 3.8) is 0 Å². The second-order valence-corrected chi connectivity index (χ2v) is 5.74. The van der Waals surface area contributed by atoms with E-state index in [2.05, 4.69) is 31.9 Å². The van der Waals surface area contributed by atoms with Crippen molar-refractivity contribution in [2.75, 3.05) is 0 Å². The summed E-state index contributed by atoms with van der Waals surface area (Å²) in [6.45, 7) is 0. The van der Waals surface area contributed by atoms with Gasteiger partial charge in [-0.05, 0) is 24.3 Å². The summed E-state index contributed by atoms with van der Waals surface area (Å²) in [7, 11) is 0. The standard InChI is InChI=1S/C13H8Br2ClNO3/c14-7-8-5-9(15)1-4-12(8)20-13-6-10(17(18)19)2-3-11(13)16/h1-6H,7H2. The summed E-state index contributed by atoms with van der Waals surface area (Å²) < 4.78 is 6.61. The van der Waals surface area contributed by atoms with E-state index in [0.29, 0.717) is 16.1 Å². The maximum Gasteiger partial charge on any atom is 0.273 e. The Morgan fingerprint density at radius 1 is 1.20 bits per heavy atom. The number of rotatable bonds is 4. The third-order valence-electron chi connectivity index (χ3n) is 2.51. The van der Waals surface area contributed by atoms with Crippen molar-refractivity contribution < 1.29 is 9.66 Å². The van der Waals surface area contributed by atoms with Crippen molar-refractivity contribution in [1.82, 2.24) is 0 Å². The molecule has 0 aliphatic rings. The number of benzene rings is 2. The smallest absolute Gasteiger partial charge is 0.273 e. The lowest BCUT2D eigenvalue weighted by Gasteiger charge is -2.11. The molecule has 0 aromatic heterocycles. The Balaban J connectivity index is 2.39. The van der Waals surface area contributed by atoms with Crippen molar-refractivity contribution in [3.8, 4) is 11.5 Å². The van der Waals surface area contributed by atoms with Crippen LogP contribution < -0.4 is 4.74 Å². The molecule has 20 heavy (non-hydrogen) atoms. The maximum atomic E-state index is 10.8. The zero-order valence-corrected chi connectivity index (χ0v) is 13.9. The van der Waals surface area contributed by atoms with Gasteiger partial charge in [-0.1, -0.05) is 43.5 Å². The van der Waals surface area contributed by atoms with Gasteiger partial charge in [0.25, 0.3) is 5.69 Å². The van der Waals surface area contributed by atoms with E-state index < -0.39 is 4.92 Å². The average Bonchev–Trinajstić information content (AvgIpc) is 2.42. The molecule has 104 valence electrons. The normalized spacial score (nSPS) is 10.3. The predicted molar refractivity (Wildman–Crippen MR) is 85.0 cm³/mol. The van der Waals surface area contributed by atoms with Crippen LogP contribution in [0.5, 0.6) is 11.5 Å². The Labute approximate surface area is 137 Å². The van der Waals surface area contributed by atoms with Crippen molar-refractivity contribution in [1.29, 1.82) is 0 Å². The zero-order chi connectivity index (χ0) is 14.7. The quantitative estimate of drug-likeness (QED) is 0.362. The molecule has 0 radical (unpaired) electrons. The van der Waals surface area contributed by atoms with Gasteiger partial charge >= 0.3 is 0 Å². The van der Waals surface area contributed by atoms with Crippen LogP contribution in [-0.4, -0.2) is 4.92 Å². The molecule has 0 saturated carbocycles. The Kier molecular flexibility index (Phi) is 5.01. The summed E-state index contributed by atoms with van der Waals surface area (Å²) in [5.41, 5.74) is 0.837. The van der Waals surface area contributed by atoms with Crippen molar-refractivity contribution >= 4 is 49.1 Å². The minimum Gasteiger partial charge on any atom is -0.455 e. The number of non-ortho nitro benzene ring substituents is 1. The number of nitro benzene ring substituents is 1. The number of nitro groups is 1. The number of nitrogens with zero attached hydrogens (tertiary/aromatic N) is 1. The van der Waals surface area contributed by atoms with Crippen molar-refractivity contribution in [2.24, 2.45) is 0 Å². The molecule has 0 saturated heterocycles. The fraction of sp³-hybridized carbons (Fsp3) is 0.0769. The van der Waals surface area contributed by atoms with E-state index in [1.54, 1.807) is 6.07 Å².